The van der Waals surface area contributed by atoms with Crippen molar-refractivity contribution in [3.63, 3.8) is 0 Å². The molecule has 0 radical (unpaired) electrons. The van der Waals surface area contributed by atoms with Crippen LogP contribution in [0.25, 0.3) is 0 Å². The molecule has 1 fully saturated rings. The Kier molecular flexibility index (Phi) is 4.64. The van der Waals surface area contributed by atoms with Gasteiger partial charge in [0.05, 0.1) is 6.04 Å². The number of carbonyl (C=O) groups excluding carboxylic acids is 1. The highest BCUT2D eigenvalue weighted by atomic mass is 16.4. The molecule has 0 bridgehead atoms. The summed E-state index contributed by atoms with van der Waals surface area (Å²) in [4.78, 5) is 29.8. The lowest BCUT2D eigenvalue weighted by atomic mass is 10.1. The van der Waals surface area contributed by atoms with E-state index in [-0.39, 0.29) is 23.3 Å². The highest BCUT2D eigenvalue weighted by Gasteiger charge is 2.30. The molecule has 1 saturated heterocycles. The van der Waals surface area contributed by atoms with Crippen LogP contribution in [0.5, 0.6) is 0 Å². The molecular formula is C18H20N2O4. The van der Waals surface area contributed by atoms with E-state index in [0.717, 1.165) is 37.2 Å². The number of carbonyl (C=O) groups is 2. The minimum absolute atomic E-state index is 0.124. The molecule has 2 aromatic heterocycles. The van der Waals surface area contributed by atoms with E-state index in [9.17, 15) is 9.59 Å². The number of aryl methyl sites for hydroxylation is 1. The van der Waals surface area contributed by atoms with Gasteiger partial charge in [-0.2, -0.15) is 0 Å². The smallest absolute Gasteiger partial charge is 0.354 e. The molecule has 6 heteroatoms. The third-order valence-corrected chi connectivity index (χ3v) is 4.29. The van der Waals surface area contributed by atoms with Crippen LogP contribution >= 0.6 is 0 Å². The molecule has 0 saturated carbocycles. The maximum atomic E-state index is 12.9. The second-order valence-electron chi connectivity index (χ2n) is 6.03. The molecule has 0 aliphatic carbocycles. The van der Waals surface area contributed by atoms with Crippen LogP contribution < -0.4 is 0 Å². The molecule has 1 amide bonds. The van der Waals surface area contributed by atoms with E-state index in [1.807, 2.05) is 19.1 Å². The first-order valence-corrected chi connectivity index (χ1v) is 8.14. The topological polar surface area (TPSA) is 83.6 Å². The zero-order valence-electron chi connectivity index (χ0n) is 13.6. The van der Waals surface area contributed by atoms with Crippen molar-refractivity contribution in [1.82, 2.24) is 9.88 Å². The van der Waals surface area contributed by atoms with E-state index in [2.05, 4.69) is 4.98 Å². The predicted octanol–water partition coefficient (Wildman–Crippen LogP) is 3.44. The fourth-order valence-corrected chi connectivity index (χ4v) is 3.10. The number of nitrogens with zero attached hydrogens (tertiary/aromatic N) is 2. The van der Waals surface area contributed by atoms with Crippen molar-refractivity contribution in [3.05, 3.63) is 53.2 Å². The standard InChI is InChI=1S/C18H20N2O4/c1-12-9-10-16(24-12)15-8-3-2-4-11-20(15)17(21)13-6-5-7-14(19-13)18(22)23/h5-7,9-10,15H,2-4,8,11H2,1H3,(H,22,23). The Hall–Kier alpha value is -2.63. The number of pyridine rings is 1. The monoisotopic (exact) mass is 328 g/mol. The van der Waals surface area contributed by atoms with Crippen molar-refractivity contribution < 1.29 is 19.1 Å². The highest BCUT2D eigenvalue weighted by molar-refractivity contribution is 5.94. The molecule has 126 valence electrons. The molecule has 0 spiro atoms. The molecule has 3 heterocycles. The normalized spacial score (nSPS) is 18.2. The average molecular weight is 328 g/mol. The molecular weight excluding hydrogens is 308 g/mol. The Morgan fingerprint density at radius 2 is 1.96 bits per heavy atom. The molecule has 1 aliphatic heterocycles. The fraction of sp³-hybridized carbons (Fsp3) is 0.389. The van der Waals surface area contributed by atoms with Crippen molar-refractivity contribution in [3.8, 4) is 0 Å². The van der Waals surface area contributed by atoms with Gasteiger partial charge in [0.1, 0.15) is 22.9 Å². The van der Waals surface area contributed by atoms with Crippen LogP contribution in [0.2, 0.25) is 0 Å². The third kappa shape index (κ3) is 3.32. The SMILES string of the molecule is Cc1ccc(C2CCCCCN2C(=O)c2cccc(C(=O)O)n2)o1. The summed E-state index contributed by atoms with van der Waals surface area (Å²) in [6.45, 7) is 2.49. The van der Waals surface area contributed by atoms with Crippen LogP contribution in [-0.2, 0) is 0 Å². The van der Waals surface area contributed by atoms with Gasteiger partial charge in [-0.3, -0.25) is 4.79 Å². The number of carboxylic acids is 1. The summed E-state index contributed by atoms with van der Waals surface area (Å²) >= 11 is 0. The number of rotatable bonds is 3. The Labute approximate surface area is 140 Å². The first-order valence-electron chi connectivity index (χ1n) is 8.14. The second kappa shape index (κ2) is 6.86. The number of amides is 1. The van der Waals surface area contributed by atoms with Crippen LogP contribution in [0.15, 0.2) is 34.7 Å². The molecule has 1 atom stereocenters. The third-order valence-electron chi connectivity index (χ3n) is 4.29. The summed E-state index contributed by atoms with van der Waals surface area (Å²) in [5, 5.41) is 9.08. The quantitative estimate of drug-likeness (QED) is 0.933. The zero-order chi connectivity index (χ0) is 17.1. The van der Waals surface area contributed by atoms with Crippen LogP contribution in [0, 0.1) is 6.92 Å². The number of aromatic nitrogens is 1. The Balaban J connectivity index is 1.92. The van der Waals surface area contributed by atoms with Crippen molar-refractivity contribution in [2.24, 2.45) is 0 Å². The molecule has 24 heavy (non-hydrogen) atoms. The number of carboxylic acid groups (broad SMARTS) is 1. The lowest BCUT2D eigenvalue weighted by Crippen LogP contribution is -2.35. The molecule has 2 aromatic rings. The van der Waals surface area contributed by atoms with E-state index in [1.54, 1.807) is 17.0 Å². The van der Waals surface area contributed by atoms with Gasteiger partial charge < -0.3 is 14.4 Å². The maximum absolute atomic E-state index is 12.9. The van der Waals surface area contributed by atoms with E-state index in [1.165, 1.54) is 6.07 Å². The fourth-order valence-electron chi connectivity index (χ4n) is 3.10. The second-order valence-corrected chi connectivity index (χ2v) is 6.03. The summed E-state index contributed by atoms with van der Waals surface area (Å²) in [6, 6.07) is 8.16. The number of hydrogen-bond acceptors (Lipinski definition) is 4. The molecule has 6 nitrogen and oxygen atoms in total. The number of aromatic carboxylic acids is 1. The molecule has 3 rings (SSSR count). The minimum Gasteiger partial charge on any atom is -0.477 e. The highest BCUT2D eigenvalue weighted by Crippen LogP contribution is 2.32. The molecule has 0 aromatic carbocycles. The van der Waals surface area contributed by atoms with E-state index in [0.29, 0.717) is 6.54 Å². The van der Waals surface area contributed by atoms with Gasteiger partial charge in [-0.1, -0.05) is 18.9 Å². The lowest BCUT2D eigenvalue weighted by Gasteiger charge is -2.28. The van der Waals surface area contributed by atoms with E-state index < -0.39 is 5.97 Å². The Bertz CT molecular complexity index is 753. The van der Waals surface area contributed by atoms with Gasteiger partial charge in [-0.15, -0.1) is 0 Å². The maximum Gasteiger partial charge on any atom is 0.354 e. The van der Waals surface area contributed by atoms with E-state index in [4.69, 9.17) is 9.52 Å². The number of likely N-dealkylation sites (tertiary alicyclic amines) is 1. The van der Waals surface area contributed by atoms with Crippen molar-refractivity contribution in [2.45, 2.75) is 38.6 Å². The summed E-state index contributed by atoms with van der Waals surface area (Å²) in [5.74, 6) is 0.197. The first kappa shape index (κ1) is 16.2. The Morgan fingerprint density at radius 1 is 1.17 bits per heavy atom. The summed E-state index contributed by atoms with van der Waals surface area (Å²) in [6.07, 6.45) is 3.83. The average Bonchev–Trinajstić information content (AvgIpc) is 2.86. The predicted molar refractivity (Wildman–Crippen MR) is 86.9 cm³/mol. The van der Waals surface area contributed by atoms with Crippen LogP contribution in [0.4, 0.5) is 0 Å². The van der Waals surface area contributed by atoms with Gasteiger partial charge in [0.25, 0.3) is 5.91 Å². The van der Waals surface area contributed by atoms with Gasteiger partial charge in [-0.25, -0.2) is 9.78 Å². The lowest BCUT2D eigenvalue weighted by molar-refractivity contribution is 0.0650. The van der Waals surface area contributed by atoms with Gasteiger partial charge in [0, 0.05) is 6.54 Å². The van der Waals surface area contributed by atoms with Crippen LogP contribution in [0.1, 0.15) is 64.2 Å². The Morgan fingerprint density at radius 3 is 2.67 bits per heavy atom. The van der Waals surface area contributed by atoms with E-state index >= 15 is 0 Å². The van der Waals surface area contributed by atoms with Crippen molar-refractivity contribution in [1.29, 1.82) is 0 Å². The van der Waals surface area contributed by atoms with Crippen molar-refractivity contribution >= 4 is 11.9 Å². The first-order chi connectivity index (χ1) is 11.6. The van der Waals surface area contributed by atoms with Gasteiger partial charge in [-0.05, 0) is 44.0 Å². The summed E-state index contributed by atoms with van der Waals surface area (Å²) < 4.78 is 5.75. The number of hydrogen-bond donors (Lipinski definition) is 1. The minimum atomic E-state index is -1.14. The van der Waals surface area contributed by atoms with Gasteiger partial charge in [0.15, 0.2) is 0 Å². The zero-order valence-corrected chi connectivity index (χ0v) is 13.6. The van der Waals surface area contributed by atoms with Crippen LogP contribution in [0.3, 0.4) is 0 Å². The van der Waals surface area contributed by atoms with Crippen molar-refractivity contribution in [2.75, 3.05) is 6.54 Å². The summed E-state index contributed by atoms with van der Waals surface area (Å²) in [7, 11) is 0. The summed E-state index contributed by atoms with van der Waals surface area (Å²) in [5.41, 5.74) is 0.0335. The molecule has 1 N–H and O–H groups in total. The largest absolute Gasteiger partial charge is 0.477 e. The van der Waals surface area contributed by atoms with Crippen LogP contribution in [-0.4, -0.2) is 33.4 Å². The number of furan rings is 1. The van der Waals surface area contributed by atoms with Gasteiger partial charge >= 0.3 is 5.97 Å². The molecule has 1 unspecified atom stereocenters. The van der Waals surface area contributed by atoms with Gasteiger partial charge in [0.2, 0.25) is 0 Å². The molecule has 1 aliphatic rings.